The molecule has 0 saturated carbocycles. The van der Waals surface area contributed by atoms with Gasteiger partial charge in [0.15, 0.2) is 0 Å². The zero-order chi connectivity index (χ0) is 20.9. The van der Waals surface area contributed by atoms with Crippen molar-refractivity contribution in [2.45, 2.75) is 31.8 Å². The maximum Gasteiger partial charge on any atom is 0.338 e. The quantitative estimate of drug-likeness (QED) is 0.288. The maximum absolute atomic E-state index is 12.9. The van der Waals surface area contributed by atoms with Crippen molar-refractivity contribution < 1.29 is 14.5 Å². The van der Waals surface area contributed by atoms with Crippen molar-refractivity contribution in [3.63, 3.8) is 0 Å². The molecule has 0 saturated heterocycles. The number of ether oxygens (including phenoxy) is 1. The van der Waals surface area contributed by atoms with Gasteiger partial charge in [-0.1, -0.05) is 74.5 Å². The van der Waals surface area contributed by atoms with Crippen LogP contribution in [0, 0.1) is 10.1 Å². The van der Waals surface area contributed by atoms with Crippen molar-refractivity contribution in [2.75, 3.05) is 0 Å². The largest absolute Gasteiger partial charge is 0.453 e. The molecule has 5 nitrogen and oxygen atoms in total. The van der Waals surface area contributed by atoms with Crippen molar-refractivity contribution in [3.05, 3.63) is 112 Å². The molecular weight excluding hydrogens is 366 g/mol. The molecule has 148 valence electrons. The SMILES string of the molecule is CC[C@](C)(c1ccccc1)[C@H](OC(=O)c1ccc([N+](=O)[O-])cc1)c1ccccc1. The Kier molecular flexibility index (Phi) is 6.07. The van der Waals surface area contributed by atoms with Gasteiger partial charge in [0.25, 0.3) is 5.69 Å². The number of nitro groups is 1. The van der Waals surface area contributed by atoms with Crippen molar-refractivity contribution in [3.8, 4) is 0 Å². The molecule has 0 aliphatic rings. The Hall–Kier alpha value is -3.47. The highest BCUT2D eigenvalue weighted by atomic mass is 16.6. The zero-order valence-electron chi connectivity index (χ0n) is 16.4. The molecule has 0 N–H and O–H groups in total. The summed E-state index contributed by atoms with van der Waals surface area (Å²) < 4.78 is 6.02. The molecule has 0 unspecified atom stereocenters. The number of nitro benzene ring substituents is 1. The van der Waals surface area contributed by atoms with E-state index >= 15 is 0 Å². The number of hydrogen-bond acceptors (Lipinski definition) is 4. The van der Waals surface area contributed by atoms with E-state index in [0.29, 0.717) is 0 Å². The fourth-order valence-electron chi connectivity index (χ4n) is 3.45. The first-order valence-corrected chi connectivity index (χ1v) is 9.51. The van der Waals surface area contributed by atoms with Crippen molar-refractivity contribution >= 4 is 11.7 Å². The van der Waals surface area contributed by atoms with Gasteiger partial charge in [-0.3, -0.25) is 10.1 Å². The first-order chi connectivity index (χ1) is 14.0. The molecule has 3 aromatic carbocycles. The van der Waals surface area contributed by atoms with Crippen LogP contribution in [0.5, 0.6) is 0 Å². The van der Waals surface area contributed by atoms with E-state index in [1.165, 1.54) is 24.3 Å². The Morgan fingerprint density at radius 3 is 2.03 bits per heavy atom. The number of rotatable bonds is 7. The second-order valence-corrected chi connectivity index (χ2v) is 7.14. The van der Waals surface area contributed by atoms with E-state index in [1.807, 2.05) is 60.7 Å². The lowest BCUT2D eigenvalue weighted by Crippen LogP contribution is -2.33. The van der Waals surface area contributed by atoms with Gasteiger partial charge in [-0.05, 0) is 29.7 Å². The molecule has 3 aromatic rings. The monoisotopic (exact) mass is 389 g/mol. The highest BCUT2D eigenvalue weighted by molar-refractivity contribution is 5.89. The minimum absolute atomic E-state index is 0.0659. The number of benzene rings is 3. The first kappa shape index (κ1) is 20.3. The topological polar surface area (TPSA) is 69.4 Å². The molecule has 0 aromatic heterocycles. The second-order valence-electron chi connectivity index (χ2n) is 7.14. The minimum atomic E-state index is -0.515. The van der Waals surface area contributed by atoms with Crippen LogP contribution in [-0.2, 0) is 10.2 Å². The summed E-state index contributed by atoms with van der Waals surface area (Å²) in [7, 11) is 0. The summed E-state index contributed by atoms with van der Waals surface area (Å²) in [6.45, 7) is 4.16. The Balaban J connectivity index is 1.98. The number of carbonyl (C=O) groups is 1. The Morgan fingerprint density at radius 1 is 0.966 bits per heavy atom. The molecule has 0 fully saturated rings. The molecule has 5 heteroatoms. The highest BCUT2D eigenvalue weighted by Gasteiger charge is 2.38. The normalized spacial score (nSPS) is 13.9. The Bertz CT molecular complexity index is 971. The van der Waals surface area contributed by atoms with E-state index in [0.717, 1.165) is 17.5 Å². The van der Waals surface area contributed by atoms with Crippen LogP contribution in [0.25, 0.3) is 0 Å². The van der Waals surface area contributed by atoms with Crippen molar-refractivity contribution in [2.24, 2.45) is 0 Å². The molecule has 0 spiro atoms. The second kappa shape index (κ2) is 8.69. The fraction of sp³-hybridized carbons (Fsp3) is 0.208. The van der Waals surface area contributed by atoms with E-state index < -0.39 is 22.4 Å². The third-order valence-electron chi connectivity index (χ3n) is 5.39. The number of hydrogen-bond donors (Lipinski definition) is 0. The Labute approximate surface area is 170 Å². The van der Waals surface area contributed by atoms with E-state index in [4.69, 9.17) is 4.74 Å². The summed E-state index contributed by atoms with van der Waals surface area (Å²) in [5.41, 5.74) is 1.75. The van der Waals surface area contributed by atoms with Gasteiger partial charge in [-0.2, -0.15) is 0 Å². The summed E-state index contributed by atoms with van der Waals surface area (Å²) in [6, 6.07) is 25.1. The lowest BCUT2D eigenvalue weighted by Gasteiger charge is -2.37. The lowest BCUT2D eigenvalue weighted by atomic mass is 9.73. The molecule has 0 heterocycles. The van der Waals surface area contributed by atoms with E-state index in [-0.39, 0.29) is 11.3 Å². The van der Waals surface area contributed by atoms with Gasteiger partial charge in [-0.15, -0.1) is 0 Å². The van der Waals surface area contributed by atoms with Gasteiger partial charge in [0.1, 0.15) is 6.10 Å². The van der Waals surface area contributed by atoms with Crippen LogP contribution in [0.15, 0.2) is 84.9 Å². The first-order valence-electron chi connectivity index (χ1n) is 9.51. The third-order valence-corrected chi connectivity index (χ3v) is 5.39. The fourth-order valence-corrected chi connectivity index (χ4v) is 3.45. The highest BCUT2D eigenvalue weighted by Crippen LogP contribution is 2.42. The van der Waals surface area contributed by atoms with Gasteiger partial charge < -0.3 is 4.74 Å². The predicted molar refractivity (Wildman–Crippen MR) is 112 cm³/mol. The van der Waals surface area contributed by atoms with Crippen LogP contribution in [0.3, 0.4) is 0 Å². The average molecular weight is 389 g/mol. The van der Waals surface area contributed by atoms with Gasteiger partial charge in [0.05, 0.1) is 10.5 Å². The molecule has 3 rings (SSSR count). The molecule has 0 aliphatic heterocycles. The molecular formula is C24H23NO4. The molecule has 0 amide bonds. The van der Waals surface area contributed by atoms with Crippen LogP contribution in [-0.4, -0.2) is 10.9 Å². The van der Waals surface area contributed by atoms with Crippen LogP contribution in [0.2, 0.25) is 0 Å². The summed E-state index contributed by atoms with van der Waals surface area (Å²) >= 11 is 0. The van der Waals surface area contributed by atoms with Gasteiger partial charge in [0.2, 0.25) is 0 Å². The average Bonchev–Trinajstić information content (AvgIpc) is 2.78. The predicted octanol–water partition coefficient (Wildman–Crippen LogP) is 5.86. The molecule has 0 bridgehead atoms. The number of non-ortho nitro benzene ring substituents is 1. The zero-order valence-corrected chi connectivity index (χ0v) is 16.4. The van der Waals surface area contributed by atoms with E-state index in [1.54, 1.807) is 0 Å². The van der Waals surface area contributed by atoms with Gasteiger partial charge in [0, 0.05) is 17.5 Å². The third kappa shape index (κ3) is 4.35. The molecule has 0 radical (unpaired) electrons. The van der Waals surface area contributed by atoms with Crippen molar-refractivity contribution in [1.82, 2.24) is 0 Å². The summed E-state index contributed by atoms with van der Waals surface area (Å²) in [4.78, 5) is 23.3. The van der Waals surface area contributed by atoms with Crippen LogP contribution < -0.4 is 0 Å². The smallest absolute Gasteiger partial charge is 0.338 e. The minimum Gasteiger partial charge on any atom is -0.453 e. The standard InChI is InChI=1S/C24H23NO4/c1-3-24(2,20-12-8-5-9-13-20)22(18-10-6-4-7-11-18)29-23(26)19-14-16-21(17-15-19)25(27)28/h4-17,22H,3H2,1-2H3/t22-,24-/m1/s1. The summed E-state index contributed by atoms with van der Waals surface area (Å²) in [5.74, 6) is -0.510. The van der Waals surface area contributed by atoms with E-state index in [2.05, 4.69) is 13.8 Å². The number of nitrogens with zero attached hydrogens (tertiary/aromatic N) is 1. The summed E-state index contributed by atoms with van der Waals surface area (Å²) in [6.07, 6.45) is 0.239. The molecule has 0 aliphatic carbocycles. The number of carbonyl (C=O) groups excluding carboxylic acids is 1. The molecule has 29 heavy (non-hydrogen) atoms. The van der Waals surface area contributed by atoms with E-state index in [9.17, 15) is 14.9 Å². The Morgan fingerprint density at radius 2 is 1.52 bits per heavy atom. The maximum atomic E-state index is 12.9. The van der Waals surface area contributed by atoms with Crippen LogP contribution >= 0.6 is 0 Å². The van der Waals surface area contributed by atoms with Gasteiger partial charge >= 0.3 is 5.97 Å². The van der Waals surface area contributed by atoms with Crippen LogP contribution in [0.4, 0.5) is 5.69 Å². The van der Waals surface area contributed by atoms with Crippen LogP contribution in [0.1, 0.15) is 47.9 Å². The lowest BCUT2D eigenvalue weighted by molar-refractivity contribution is -0.384. The molecule has 2 atom stereocenters. The van der Waals surface area contributed by atoms with Crippen molar-refractivity contribution in [1.29, 1.82) is 0 Å². The summed E-state index contributed by atoms with van der Waals surface area (Å²) in [5, 5.41) is 10.9. The number of esters is 1. The van der Waals surface area contributed by atoms with Gasteiger partial charge in [-0.25, -0.2) is 4.79 Å².